The average molecular weight is 403 g/mol. The van der Waals surface area contributed by atoms with Gasteiger partial charge >= 0.3 is 6.18 Å². The SMILES string of the molecule is CC(CN(C)C)CN1c2ccccc2Sc2ccc(C(F)(F)F)cc21.Cl. The first-order valence-corrected chi connectivity index (χ1v) is 8.98. The van der Waals surface area contributed by atoms with E-state index in [1.165, 1.54) is 23.9 Å². The van der Waals surface area contributed by atoms with Crippen molar-refractivity contribution in [3.8, 4) is 0 Å². The van der Waals surface area contributed by atoms with E-state index in [0.29, 0.717) is 18.2 Å². The van der Waals surface area contributed by atoms with Gasteiger partial charge in [0.05, 0.1) is 16.9 Å². The molecule has 1 aliphatic rings. The van der Waals surface area contributed by atoms with Crippen molar-refractivity contribution in [2.45, 2.75) is 22.9 Å². The molecule has 0 aromatic heterocycles. The summed E-state index contributed by atoms with van der Waals surface area (Å²) in [7, 11) is 4.01. The second-order valence-corrected chi connectivity index (χ2v) is 7.81. The second-order valence-electron chi connectivity index (χ2n) is 6.73. The highest BCUT2D eigenvalue weighted by molar-refractivity contribution is 7.99. The van der Waals surface area contributed by atoms with Crippen LogP contribution < -0.4 is 4.90 Å². The molecule has 1 unspecified atom stereocenters. The molecule has 0 saturated carbocycles. The van der Waals surface area contributed by atoms with E-state index in [9.17, 15) is 13.2 Å². The third-order valence-corrected chi connectivity index (χ3v) is 5.25. The number of hydrogen-bond acceptors (Lipinski definition) is 3. The molecule has 0 spiro atoms. The molecule has 0 saturated heterocycles. The number of nitrogens with zero attached hydrogens (tertiary/aromatic N) is 2. The topological polar surface area (TPSA) is 6.48 Å². The molecule has 0 fully saturated rings. The van der Waals surface area contributed by atoms with Crippen molar-refractivity contribution >= 4 is 35.5 Å². The number of anilines is 2. The van der Waals surface area contributed by atoms with Gasteiger partial charge < -0.3 is 9.80 Å². The van der Waals surface area contributed by atoms with Crippen LogP contribution in [0.15, 0.2) is 52.3 Å². The normalized spacial score (nSPS) is 14.5. The summed E-state index contributed by atoms with van der Waals surface area (Å²) in [5.41, 5.74) is 1.02. The fourth-order valence-electron chi connectivity index (χ4n) is 3.20. The lowest BCUT2D eigenvalue weighted by Gasteiger charge is -2.35. The Morgan fingerprint density at radius 3 is 2.35 bits per heavy atom. The zero-order chi connectivity index (χ0) is 18.2. The Bertz CT molecular complexity index is 765. The highest BCUT2D eigenvalue weighted by Crippen LogP contribution is 2.49. The molecule has 2 aromatic rings. The highest BCUT2D eigenvalue weighted by atomic mass is 35.5. The van der Waals surface area contributed by atoms with Gasteiger partial charge in [-0.2, -0.15) is 13.2 Å². The molecule has 142 valence electrons. The molecule has 0 aliphatic carbocycles. The van der Waals surface area contributed by atoms with E-state index >= 15 is 0 Å². The third-order valence-electron chi connectivity index (χ3n) is 4.12. The maximum absolute atomic E-state index is 13.2. The maximum Gasteiger partial charge on any atom is 0.416 e. The van der Waals surface area contributed by atoms with Crippen LogP contribution in [0.2, 0.25) is 0 Å². The predicted molar refractivity (Wildman–Crippen MR) is 104 cm³/mol. The average Bonchev–Trinajstić information content (AvgIpc) is 2.52. The molecule has 2 nitrogen and oxygen atoms in total. The van der Waals surface area contributed by atoms with Crippen LogP contribution in [-0.2, 0) is 6.18 Å². The summed E-state index contributed by atoms with van der Waals surface area (Å²) in [4.78, 5) is 6.07. The largest absolute Gasteiger partial charge is 0.416 e. The van der Waals surface area contributed by atoms with E-state index in [1.54, 1.807) is 6.07 Å². The molecule has 0 amide bonds. The van der Waals surface area contributed by atoms with Crippen molar-refractivity contribution in [1.29, 1.82) is 0 Å². The standard InChI is InChI=1S/C19H21F3N2S.ClH/c1-13(11-23(2)3)12-24-15-6-4-5-7-17(15)25-18-9-8-14(10-16(18)24)19(20,21)22;/h4-10,13H,11-12H2,1-3H3;1H. The van der Waals surface area contributed by atoms with Gasteiger partial charge in [0.2, 0.25) is 0 Å². The van der Waals surface area contributed by atoms with Crippen LogP contribution in [0.25, 0.3) is 0 Å². The Morgan fingerprint density at radius 1 is 1.04 bits per heavy atom. The Kier molecular flexibility index (Phi) is 6.53. The number of rotatable bonds is 4. The summed E-state index contributed by atoms with van der Waals surface area (Å²) in [6.45, 7) is 3.67. The van der Waals surface area contributed by atoms with Crippen LogP contribution in [0.5, 0.6) is 0 Å². The van der Waals surface area contributed by atoms with Gasteiger partial charge in [0.1, 0.15) is 0 Å². The maximum atomic E-state index is 13.2. The fraction of sp³-hybridized carbons (Fsp3) is 0.368. The monoisotopic (exact) mass is 402 g/mol. The van der Waals surface area contributed by atoms with E-state index in [2.05, 4.69) is 11.8 Å². The summed E-state index contributed by atoms with van der Waals surface area (Å²) in [5, 5.41) is 0. The molecule has 1 heterocycles. The van der Waals surface area contributed by atoms with Gasteiger partial charge in [0, 0.05) is 22.9 Å². The minimum Gasteiger partial charge on any atom is -0.339 e. The minimum absolute atomic E-state index is 0. The Balaban J connectivity index is 0.00000243. The lowest BCUT2D eigenvalue weighted by Crippen LogP contribution is -2.31. The van der Waals surface area contributed by atoms with E-state index in [4.69, 9.17) is 0 Å². The van der Waals surface area contributed by atoms with Crippen LogP contribution in [0.4, 0.5) is 24.5 Å². The molecule has 0 radical (unpaired) electrons. The molecule has 2 aromatic carbocycles. The van der Waals surface area contributed by atoms with Gasteiger partial charge in [-0.3, -0.25) is 0 Å². The first-order valence-electron chi connectivity index (χ1n) is 8.16. The predicted octanol–water partition coefficient (Wildman–Crippen LogP) is 5.93. The van der Waals surface area contributed by atoms with Gasteiger partial charge in [-0.05, 0) is 50.3 Å². The van der Waals surface area contributed by atoms with Gasteiger partial charge in [-0.1, -0.05) is 30.8 Å². The summed E-state index contributed by atoms with van der Waals surface area (Å²) in [5.74, 6) is 0.313. The smallest absolute Gasteiger partial charge is 0.339 e. The number of halogens is 4. The van der Waals surface area contributed by atoms with Crippen LogP contribution in [-0.4, -0.2) is 32.1 Å². The van der Waals surface area contributed by atoms with Gasteiger partial charge in [0.25, 0.3) is 0 Å². The second kappa shape index (κ2) is 8.11. The molecular weight excluding hydrogens is 381 g/mol. The summed E-state index contributed by atoms with van der Waals surface area (Å²) in [6, 6.07) is 11.9. The van der Waals surface area contributed by atoms with Crippen molar-refractivity contribution in [3.63, 3.8) is 0 Å². The molecule has 1 aliphatic heterocycles. The first-order chi connectivity index (χ1) is 11.8. The van der Waals surface area contributed by atoms with Crippen LogP contribution >= 0.6 is 24.2 Å². The molecule has 1 atom stereocenters. The number of alkyl halides is 3. The van der Waals surface area contributed by atoms with Crippen LogP contribution in [0.1, 0.15) is 12.5 Å². The Labute approximate surface area is 162 Å². The Morgan fingerprint density at radius 2 is 1.69 bits per heavy atom. The third kappa shape index (κ3) is 4.48. The molecule has 26 heavy (non-hydrogen) atoms. The Hall–Kier alpha value is -1.37. The van der Waals surface area contributed by atoms with Gasteiger partial charge in [-0.25, -0.2) is 0 Å². The van der Waals surface area contributed by atoms with Crippen molar-refractivity contribution in [3.05, 3.63) is 48.0 Å². The summed E-state index contributed by atoms with van der Waals surface area (Å²) in [6.07, 6.45) is -4.34. The molecular formula is C19H22ClF3N2S. The number of hydrogen-bond donors (Lipinski definition) is 0. The summed E-state index contributed by atoms with van der Waals surface area (Å²) >= 11 is 1.53. The van der Waals surface area contributed by atoms with E-state index in [0.717, 1.165) is 22.0 Å². The zero-order valence-corrected chi connectivity index (χ0v) is 16.5. The molecule has 3 rings (SSSR count). The number of fused-ring (bicyclic) bond motifs is 2. The molecule has 0 N–H and O–H groups in total. The van der Waals surface area contributed by atoms with Gasteiger partial charge in [-0.15, -0.1) is 12.4 Å². The first kappa shape index (κ1) is 20.9. The summed E-state index contributed by atoms with van der Waals surface area (Å²) < 4.78 is 39.6. The van der Waals surface area contributed by atoms with Crippen molar-refractivity contribution in [1.82, 2.24) is 4.90 Å². The number of para-hydroxylation sites is 1. The van der Waals surface area contributed by atoms with E-state index < -0.39 is 11.7 Å². The molecule has 0 bridgehead atoms. The van der Waals surface area contributed by atoms with E-state index in [-0.39, 0.29) is 12.4 Å². The number of benzene rings is 2. The highest BCUT2D eigenvalue weighted by Gasteiger charge is 2.33. The van der Waals surface area contributed by atoms with Crippen LogP contribution in [0.3, 0.4) is 0 Å². The molecule has 7 heteroatoms. The lowest BCUT2D eigenvalue weighted by molar-refractivity contribution is -0.137. The van der Waals surface area contributed by atoms with Crippen molar-refractivity contribution in [2.24, 2.45) is 5.92 Å². The van der Waals surface area contributed by atoms with Crippen molar-refractivity contribution < 1.29 is 13.2 Å². The fourth-order valence-corrected chi connectivity index (χ4v) is 4.27. The van der Waals surface area contributed by atoms with E-state index in [1.807, 2.05) is 43.3 Å². The van der Waals surface area contributed by atoms with Gasteiger partial charge in [0.15, 0.2) is 0 Å². The van der Waals surface area contributed by atoms with Crippen LogP contribution in [0, 0.1) is 5.92 Å². The van der Waals surface area contributed by atoms with Crippen molar-refractivity contribution in [2.75, 3.05) is 32.1 Å². The lowest BCUT2D eigenvalue weighted by atomic mass is 10.1. The minimum atomic E-state index is -4.34. The quantitative estimate of drug-likeness (QED) is 0.626. The zero-order valence-electron chi connectivity index (χ0n) is 14.9.